The molecule has 0 aliphatic rings. The Labute approximate surface area is 165 Å². The van der Waals surface area contributed by atoms with Gasteiger partial charge in [0.25, 0.3) is 11.8 Å². The summed E-state index contributed by atoms with van der Waals surface area (Å²) in [5, 5.41) is 2.97. The molecule has 0 saturated carbocycles. The minimum absolute atomic E-state index is 0.120. The number of carbonyl (C=O) groups excluding carboxylic acids is 2. The lowest BCUT2D eigenvalue weighted by Gasteiger charge is -2.18. The fraction of sp³-hybridized carbons (Fsp3) is 0.167. The van der Waals surface area contributed by atoms with Gasteiger partial charge in [0.2, 0.25) is 0 Å². The molecule has 0 unspecified atom stereocenters. The van der Waals surface area contributed by atoms with Crippen LogP contribution in [0.15, 0.2) is 72.8 Å². The Balaban J connectivity index is 1.76. The normalized spacial score (nSPS) is 10.4. The maximum atomic E-state index is 12.8. The summed E-state index contributed by atoms with van der Waals surface area (Å²) >= 11 is 0. The molecule has 3 rings (SSSR count). The zero-order valence-corrected chi connectivity index (χ0v) is 16.4. The van der Waals surface area contributed by atoms with Gasteiger partial charge in [-0.1, -0.05) is 54.6 Å². The average molecular weight is 372 g/mol. The Morgan fingerprint density at radius 3 is 2.11 bits per heavy atom. The lowest BCUT2D eigenvalue weighted by molar-refractivity contribution is 0.0785. The lowest BCUT2D eigenvalue weighted by atomic mass is 10.1. The first kappa shape index (κ1) is 19.4. The van der Waals surface area contributed by atoms with E-state index in [4.69, 9.17) is 0 Å². The summed E-state index contributed by atoms with van der Waals surface area (Å²) in [7, 11) is 1.76. The third-order valence-electron chi connectivity index (χ3n) is 4.70. The number of hydrogen-bond acceptors (Lipinski definition) is 2. The van der Waals surface area contributed by atoms with Crippen LogP contribution in [-0.2, 0) is 6.54 Å². The second-order valence-corrected chi connectivity index (χ2v) is 6.95. The van der Waals surface area contributed by atoms with Crippen LogP contribution < -0.4 is 5.32 Å². The smallest absolute Gasteiger partial charge is 0.255 e. The van der Waals surface area contributed by atoms with Gasteiger partial charge in [-0.2, -0.15) is 0 Å². The van der Waals surface area contributed by atoms with Gasteiger partial charge in [-0.3, -0.25) is 9.59 Å². The second-order valence-electron chi connectivity index (χ2n) is 6.95. The van der Waals surface area contributed by atoms with Crippen LogP contribution in [0.25, 0.3) is 0 Å². The fourth-order valence-corrected chi connectivity index (χ4v) is 3.14. The maximum Gasteiger partial charge on any atom is 0.255 e. The van der Waals surface area contributed by atoms with Crippen LogP contribution in [0.4, 0.5) is 5.69 Å². The number of amides is 2. The minimum atomic E-state index is -0.224. The van der Waals surface area contributed by atoms with Crippen molar-refractivity contribution in [1.29, 1.82) is 0 Å². The zero-order chi connectivity index (χ0) is 20.1. The number of rotatable bonds is 5. The van der Waals surface area contributed by atoms with Crippen molar-refractivity contribution in [2.75, 3.05) is 12.4 Å². The van der Waals surface area contributed by atoms with Gasteiger partial charge in [0, 0.05) is 30.4 Å². The molecule has 3 aromatic rings. The Morgan fingerprint density at radius 1 is 0.821 bits per heavy atom. The van der Waals surface area contributed by atoms with Gasteiger partial charge in [0.05, 0.1) is 0 Å². The molecule has 142 valence electrons. The van der Waals surface area contributed by atoms with E-state index >= 15 is 0 Å². The standard InChI is InChI=1S/C24H24N2O2/c1-17-9-7-10-18(2)22(17)25-23(27)20-13-8-14-21(15-20)24(28)26(3)16-19-11-5-4-6-12-19/h4-15H,16H2,1-3H3,(H,25,27). The topological polar surface area (TPSA) is 49.4 Å². The van der Waals surface area contributed by atoms with E-state index in [9.17, 15) is 9.59 Å². The van der Waals surface area contributed by atoms with Crippen molar-refractivity contribution >= 4 is 17.5 Å². The summed E-state index contributed by atoms with van der Waals surface area (Å²) < 4.78 is 0. The van der Waals surface area contributed by atoms with Gasteiger partial charge in [-0.25, -0.2) is 0 Å². The summed E-state index contributed by atoms with van der Waals surface area (Å²) in [5.74, 6) is -0.344. The number of nitrogens with zero attached hydrogens (tertiary/aromatic N) is 1. The predicted molar refractivity (Wildman–Crippen MR) is 113 cm³/mol. The molecule has 1 N–H and O–H groups in total. The van der Waals surface area contributed by atoms with Gasteiger partial charge in [0.15, 0.2) is 0 Å². The summed E-state index contributed by atoms with van der Waals surface area (Å²) in [6.07, 6.45) is 0. The molecular weight excluding hydrogens is 348 g/mol. The molecule has 0 heterocycles. The molecule has 2 amide bonds. The number of carbonyl (C=O) groups is 2. The predicted octanol–water partition coefficient (Wildman–Crippen LogP) is 4.83. The molecule has 0 aliphatic heterocycles. The molecule has 0 aromatic heterocycles. The molecule has 0 spiro atoms. The quantitative estimate of drug-likeness (QED) is 0.697. The van der Waals surface area contributed by atoms with Crippen LogP contribution in [0.5, 0.6) is 0 Å². The average Bonchev–Trinajstić information content (AvgIpc) is 2.71. The van der Waals surface area contributed by atoms with E-state index in [1.807, 2.05) is 62.4 Å². The van der Waals surface area contributed by atoms with Gasteiger partial charge >= 0.3 is 0 Å². The summed E-state index contributed by atoms with van der Waals surface area (Å²) in [6, 6.07) is 22.5. The Morgan fingerprint density at radius 2 is 1.43 bits per heavy atom. The van der Waals surface area contributed by atoms with Gasteiger partial charge in [-0.15, -0.1) is 0 Å². The van der Waals surface area contributed by atoms with E-state index in [0.717, 1.165) is 22.4 Å². The highest BCUT2D eigenvalue weighted by Crippen LogP contribution is 2.20. The molecule has 0 radical (unpaired) electrons. The molecule has 0 saturated heterocycles. The first-order valence-electron chi connectivity index (χ1n) is 9.22. The van der Waals surface area contributed by atoms with Crippen LogP contribution in [0.1, 0.15) is 37.4 Å². The SMILES string of the molecule is Cc1cccc(C)c1NC(=O)c1cccc(C(=O)N(C)Cc2ccccc2)c1. The van der Waals surface area contributed by atoms with Gasteiger partial charge < -0.3 is 10.2 Å². The van der Waals surface area contributed by atoms with E-state index in [-0.39, 0.29) is 11.8 Å². The van der Waals surface area contributed by atoms with Crippen molar-refractivity contribution in [2.45, 2.75) is 20.4 Å². The van der Waals surface area contributed by atoms with E-state index in [1.165, 1.54) is 0 Å². The van der Waals surface area contributed by atoms with Crippen molar-refractivity contribution in [3.05, 3.63) is 101 Å². The van der Waals surface area contributed by atoms with Crippen LogP contribution >= 0.6 is 0 Å². The number of anilines is 1. The van der Waals surface area contributed by atoms with E-state index < -0.39 is 0 Å². The Hall–Kier alpha value is -3.40. The number of benzene rings is 3. The molecule has 0 atom stereocenters. The third kappa shape index (κ3) is 4.46. The van der Waals surface area contributed by atoms with Gasteiger partial charge in [-0.05, 0) is 48.7 Å². The highest BCUT2D eigenvalue weighted by molar-refractivity contribution is 6.06. The summed E-state index contributed by atoms with van der Waals surface area (Å²) in [5.41, 5.74) is 4.83. The highest BCUT2D eigenvalue weighted by atomic mass is 16.2. The molecule has 0 fully saturated rings. The Bertz CT molecular complexity index is 976. The minimum Gasteiger partial charge on any atom is -0.337 e. The Kier molecular flexibility index (Phi) is 5.90. The monoisotopic (exact) mass is 372 g/mol. The number of nitrogens with one attached hydrogen (secondary N) is 1. The molecule has 3 aromatic carbocycles. The molecule has 0 aliphatic carbocycles. The van der Waals surface area contributed by atoms with Crippen molar-refractivity contribution < 1.29 is 9.59 Å². The maximum absolute atomic E-state index is 12.8. The van der Waals surface area contributed by atoms with Crippen LogP contribution in [0.3, 0.4) is 0 Å². The molecule has 4 heteroatoms. The molecular formula is C24H24N2O2. The molecule has 0 bridgehead atoms. The third-order valence-corrected chi connectivity index (χ3v) is 4.70. The molecule has 4 nitrogen and oxygen atoms in total. The van der Waals surface area contributed by atoms with Gasteiger partial charge in [0.1, 0.15) is 0 Å². The van der Waals surface area contributed by atoms with Crippen LogP contribution in [-0.4, -0.2) is 23.8 Å². The van der Waals surface area contributed by atoms with E-state index in [1.54, 1.807) is 36.2 Å². The fourth-order valence-electron chi connectivity index (χ4n) is 3.14. The van der Waals surface area contributed by atoms with E-state index in [2.05, 4.69) is 5.32 Å². The van der Waals surface area contributed by atoms with Crippen molar-refractivity contribution in [3.63, 3.8) is 0 Å². The number of hydrogen-bond donors (Lipinski definition) is 1. The van der Waals surface area contributed by atoms with Crippen molar-refractivity contribution in [2.24, 2.45) is 0 Å². The summed E-state index contributed by atoms with van der Waals surface area (Å²) in [4.78, 5) is 27.2. The van der Waals surface area contributed by atoms with E-state index in [0.29, 0.717) is 17.7 Å². The zero-order valence-electron chi connectivity index (χ0n) is 16.4. The van der Waals surface area contributed by atoms with Crippen molar-refractivity contribution in [1.82, 2.24) is 4.90 Å². The molecule has 28 heavy (non-hydrogen) atoms. The first-order chi connectivity index (χ1) is 13.5. The highest BCUT2D eigenvalue weighted by Gasteiger charge is 2.15. The van der Waals surface area contributed by atoms with Crippen molar-refractivity contribution in [3.8, 4) is 0 Å². The largest absolute Gasteiger partial charge is 0.337 e. The second kappa shape index (κ2) is 8.53. The van der Waals surface area contributed by atoms with Crippen LogP contribution in [0.2, 0.25) is 0 Å². The summed E-state index contributed by atoms with van der Waals surface area (Å²) in [6.45, 7) is 4.43. The van der Waals surface area contributed by atoms with Crippen LogP contribution in [0, 0.1) is 13.8 Å². The number of para-hydroxylation sites is 1. The number of aryl methyl sites for hydroxylation is 2. The first-order valence-corrected chi connectivity index (χ1v) is 9.22. The lowest BCUT2D eigenvalue weighted by Crippen LogP contribution is -2.26.